The summed E-state index contributed by atoms with van der Waals surface area (Å²) in [7, 11) is 0. The van der Waals surface area contributed by atoms with E-state index in [1.54, 1.807) is 19.1 Å². The maximum absolute atomic E-state index is 11.8. The summed E-state index contributed by atoms with van der Waals surface area (Å²) < 4.78 is 5.44. The molecule has 1 aromatic carbocycles. The van der Waals surface area contributed by atoms with Crippen LogP contribution in [0.4, 0.5) is 0 Å². The summed E-state index contributed by atoms with van der Waals surface area (Å²) in [6.45, 7) is 3.62. The molecular formula is C15H20Cl2N2O3. The molecule has 2 N–H and O–H groups in total. The van der Waals surface area contributed by atoms with E-state index in [1.807, 2.05) is 0 Å². The third-order valence-electron chi connectivity index (χ3n) is 2.90. The summed E-state index contributed by atoms with van der Waals surface area (Å²) >= 11 is 11.8. The Bertz CT molecular complexity index is 524. The van der Waals surface area contributed by atoms with E-state index >= 15 is 0 Å². The molecule has 0 aliphatic carbocycles. The molecule has 0 saturated heterocycles. The fourth-order valence-electron chi connectivity index (χ4n) is 1.65. The second kappa shape index (κ2) is 9.54. The monoisotopic (exact) mass is 346 g/mol. The minimum absolute atomic E-state index is 0.224. The molecule has 0 fully saturated rings. The van der Waals surface area contributed by atoms with Crippen LogP contribution in [0.3, 0.4) is 0 Å². The number of nitrogens with one attached hydrogen (secondary N) is 2. The maximum atomic E-state index is 11.8. The lowest BCUT2D eigenvalue weighted by atomic mass is 10.2. The van der Waals surface area contributed by atoms with Gasteiger partial charge in [0.1, 0.15) is 5.75 Å². The van der Waals surface area contributed by atoms with Gasteiger partial charge < -0.3 is 4.74 Å². The van der Waals surface area contributed by atoms with Crippen LogP contribution < -0.4 is 15.6 Å². The molecule has 1 rings (SSSR count). The second-order valence-corrected chi connectivity index (χ2v) is 5.67. The molecule has 1 atom stereocenters. The summed E-state index contributed by atoms with van der Waals surface area (Å²) in [5, 5.41) is 0.796. The van der Waals surface area contributed by atoms with E-state index in [1.165, 1.54) is 6.07 Å². The lowest BCUT2D eigenvalue weighted by Gasteiger charge is -2.16. The van der Waals surface area contributed by atoms with Gasteiger partial charge in [0.15, 0.2) is 6.10 Å². The van der Waals surface area contributed by atoms with Crippen LogP contribution in [0.5, 0.6) is 5.75 Å². The van der Waals surface area contributed by atoms with E-state index in [4.69, 9.17) is 27.9 Å². The molecule has 0 heterocycles. The van der Waals surface area contributed by atoms with Crippen molar-refractivity contribution in [2.24, 2.45) is 0 Å². The molecule has 0 bridgehead atoms. The van der Waals surface area contributed by atoms with Crippen molar-refractivity contribution in [3.63, 3.8) is 0 Å². The smallest absolute Gasteiger partial charge is 0.279 e. The number of unbranched alkanes of at least 4 members (excludes halogenated alkanes) is 2. The average Bonchev–Trinajstić information content (AvgIpc) is 2.47. The third-order valence-corrected chi connectivity index (χ3v) is 3.43. The Balaban J connectivity index is 2.40. The number of benzene rings is 1. The van der Waals surface area contributed by atoms with Crippen LogP contribution in [0.2, 0.25) is 10.0 Å². The first-order valence-electron chi connectivity index (χ1n) is 7.14. The molecule has 0 aromatic heterocycles. The van der Waals surface area contributed by atoms with Gasteiger partial charge in [0.2, 0.25) is 5.91 Å². The molecule has 22 heavy (non-hydrogen) atoms. The molecule has 1 aromatic rings. The molecular weight excluding hydrogens is 327 g/mol. The molecule has 0 radical (unpaired) electrons. The Morgan fingerprint density at radius 2 is 1.95 bits per heavy atom. The first-order valence-corrected chi connectivity index (χ1v) is 7.90. The van der Waals surface area contributed by atoms with Crippen molar-refractivity contribution in [1.29, 1.82) is 0 Å². The molecule has 0 saturated carbocycles. The van der Waals surface area contributed by atoms with Crippen molar-refractivity contribution >= 4 is 35.0 Å². The summed E-state index contributed by atoms with van der Waals surface area (Å²) in [6, 6.07) is 4.72. The predicted molar refractivity (Wildman–Crippen MR) is 87.0 cm³/mol. The Morgan fingerprint density at radius 3 is 2.59 bits per heavy atom. The summed E-state index contributed by atoms with van der Waals surface area (Å²) in [5.41, 5.74) is 4.69. The Hall–Kier alpha value is -1.46. The van der Waals surface area contributed by atoms with Crippen LogP contribution in [-0.4, -0.2) is 17.9 Å². The minimum Gasteiger partial charge on any atom is -0.479 e. The van der Waals surface area contributed by atoms with Crippen molar-refractivity contribution in [3.05, 3.63) is 28.2 Å². The van der Waals surface area contributed by atoms with Crippen molar-refractivity contribution < 1.29 is 14.3 Å². The number of halogens is 2. The van der Waals surface area contributed by atoms with Crippen LogP contribution in [0.1, 0.15) is 39.5 Å². The standard InChI is InChI=1S/C15H20Cl2N2O3/c1-3-4-5-6-14(20)18-19-15(21)10(2)22-13-8-7-11(16)9-12(13)17/h7-10H,3-6H2,1-2H3,(H,18,20)(H,19,21). The number of hydrogen-bond donors (Lipinski definition) is 2. The SMILES string of the molecule is CCCCCC(=O)NNC(=O)C(C)Oc1ccc(Cl)cc1Cl. The van der Waals surface area contributed by atoms with Crippen molar-refractivity contribution in [1.82, 2.24) is 10.9 Å². The predicted octanol–water partition coefficient (Wildman–Crippen LogP) is 3.49. The van der Waals surface area contributed by atoms with Gasteiger partial charge in [-0.2, -0.15) is 0 Å². The first-order chi connectivity index (χ1) is 10.4. The van der Waals surface area contributed by atoms with Crippen LogP contribution in [0.15, 0.2) is 18.2 Å². The van der Waals surface area contributed by atoms with E-state index in [2.05, 4.69) is 17.8 Å². The van der Waals surface area contributed by atoms with Gasteiger partial charge in [0.25, 0.3) is 5.91 Å². The van der Waals surface area contributed by atoms with Crippen LogP contribution >= 0.6 is 23.2 Å². The number of carbonyl (C=O) groups is 2. The van der Waals surface area contributed by atoms with Crippen LogP contribution in [0.25, 0.3) is 0 Å². The molecule has 0 aliphatic rings. The van der Waals surface area contributed by atoms with E-state index < -0.39 is 12.0 Å². The normalized spacial score (nSPS) is 11.6. The highest BCUT2D eigenvalue weighted by Gasteiger charge is 2.16. The van der Waals surface area contributed by atoms with Crippen LogP contribution in [0, 0.1) is 0 Å². The molecule has 7 heteroatoms. The average molecular weight is 347 g/mol. The highest BCUT2D eigenvalue weighted by molar-refractivity contribution is 6.35. The Morgan fingerprint density at radius 1 is 1.23 bits per heavy atom. The zero-order chi connectivity index (χ0) is 16.5. The minimum atomic E-state index is -0.811. The van der Waals surface area contributed by atoms with E-state index in [0.29, 0.717) is 22.2 Å². The van der Waals surface area contributed by atoms with Crippen LogP contribution in [-0.2, 0) is 9.59 Å². The lowest BCUT2D eigenvalue weighted by Crippen LogP contribution is -2.47. The maximum Gasteiger partial charge on any atom is 0.279 e. The molecule has 0 aliphatic heterocycles. The molecule has 122 valence electrons. The van der Waals surface area contributed by atoms with Gasteiger partial charge >= 0.3 is 0 Å². The Kier molecular flexibility index (Phi) is 8.06. The molecule has 1 unspecified atom stereocenters. The topological polar surface area (TPSA) is 67.4 Å². The third kappa shape index (κ3) is 6.54. The number of hydrazine groups is 1. The fourth-order valence-corrected chi connectivity index (χ4v) is 2.10. The van der Waals surface area contributed by atoms with Gasteiger partial charge in [-0.15, -0.1) is 0 Å². The van der Waals surface area contributed by atoms with Gasteiger partial charge in [-0.05, 0) is 31.5 Å². The zero-order valence-corrected chi connectivity index (χ0v) is 14.1. The Labute approximate surface area is 140 Å². The van der Waals surface area contributed by atoms with E-state index in [9.17, 15) is 9.59 Å². The van der Waals surface area contributed by atoms with E-state index in [-0.39, 0.29) is 5.91 Å². The zero-order valence-electron chi connectivity index (χ0n) is 12.6. The van der Waals surface area contributed by atoms with Gasteiger partial charge in [-0.25, -0.2) is 0 Å². The first kappa shape index (κ1) is 18.6. The molecule has 0 spiro atoms. The second-order valence-electron chi connectivity index (χ2n) is 4.83. The summed E-state index contributed by atoms with van der Waals surface area (Å²) in [5.74, 6) is -0.337. The number of rotatable bonds is 7. The van der Waals surface area contributed by atoms with Crippen molar-refractivity contribution in [2.75, 3.05) is 0 Å². The van der Waals surface area contributed by atoms with E-state index in [0.717, 1.165) is 19.3 Å². The summed E-state index contributed by atoms with van der Waals surface area (Å²) in [6.07, 6.45) is 2.38. The molecule has 2 amide bonds. The highest BCUT2D eigenvalue weighted by Crippen LogP contribution is 2.28. The van der Waals surface area contributed by atoms with Gasteiger partial charge in [-0.3, -0.25) is 20.4 Å². The number of ether oxygens (including phenoxy) is 1. The molecule has 5 nitrogen and oxygen atoms in total. The van der Waals surface area contributed by atoms with Crippen molar-refractivity contribution in [3.8, 4) is 5.75 Å². The highest BCUT2D eigenvalue weighted by atomic mass is 35.5. The number of carbonyl (C=O) groups excluding carboxylic acids is 2. The largest absolute Gasteiger partial charge is 0.479 e. The number of amides is 2. The van der Waals surface area contributed by atoms with Crippen molar-refractivity contribution in [2.45, 2.75) is 45.6 Å². The fraction of sp³-hybridized carbons (Fsp3) is 0.467. The van der Waals surface area contributed by atoms with Gasteiger partial charge in [0, 0.05) is 11.4 Å². The lowest BCUT2D eigenvalue weighted by molar-refractivity contribution is -0.132. The quantitative estimate of drug-likeness (QED) is 0.586. The number of hydrogen-bond acceptors (Lipinski definition) is 3. The van der Waals surface area contributed by atoms with Gasteiger partial charge in [-0.1, -0.05) is 43.0 Å². The van der Waals surface area contributed by atoms with Gasteiger partial charge in [0.05, 0.1) is 5.02 Å². The summed E-state index contributed by atoms with van der Waals surface area (Å²) in [4.78, 5) is 23.3.